The van der Waals surface area contributed by atoms with E-state index < -0.39 is 5.60 Å². The summed E-state index contributed by atoms with van der Waals surface area (Å²) >= 11 is 0. The Morgan fingerprint density at radius 1 is 1.43 bits per heavy atom. The average Bonchev–Trinajstić information content (AvgIpc) is 2.20. The minimum Gasteiger partial charge on any atom is -0.389 e. The van der Waals surface area contributed by atoms with Crippen LogP contribution in [0, 0.1) is 23.2 Å². The van der Waals surface area contributed by atoms with E-state index in [1.165, 1.54) is 6.42 Å². The van der Waals surface area contributed by atoms with Crippen LogP contribution in [0.2, 0.25) is 0 Å². The molecule has 0 radical (unpaired) electrons. The second-order valence-corrected chi connectivity index (χ2v) is 4.55. The molecule has 0 aromatic heterocycles. The van der Waals surface area contributed by atoms with Crippen molar-refractivity contribution >= 4 is 0 Å². The number of hydrogen-bond acceptors (Lipinski definition) is 2. The molecule has 0 saturated heterocycles. The van der Waals surface area contributed by atoms with Crippen LogP contribution in [0.4, 0.5) is 0 Å². The first-order valence-corrected chi connectivity index (χ1v) is 5.78. The first-order chi connectivity index (χ1) is 6.66. The standard InChI is InChI=1S/C12H21NO/c1-3-10-5-7-12(14,8-6-10)11(4-2)9-13/h10-11,14H,3-8H2,1-2H3. The maximum atomic E-state index is 10.3. The Morgan fingerprint density at radius 2 is 2.00 bits per heavy atom. The molecule has 0 aromatic rings. The number of aliphatic hydroxyl groups is 1. The summed E-state index contributed by atoms with van der Waals surface area (Å²) in [4.78, 5) is 0. The van der Waals surface area contributed by atoms with Gasteiger partial charge in [0.05, 0.1) is 17.6 Å². The summed E-state index contributed by atoms with van der Waals surface area (Å²) in [7, 11) is 0. The minimum absolute atomic E-state index is 0.166. The fourth-order valence-electron chi connectivity index (χ4n) is 2.53. The molecule has 1 aliphatic carbocycles. The second-order valence-electron chi connectivity index (χ2n) is 4.55. The highest BCUT2D eigenvalue weighted by molar-refractivity contribution is 5.00. The molecule has 1 aliphatic rings. The van der Waals surface area contributed by atoms with Gasteiger partial charge in [-0.15, -0.1) is 0 Å². The zero-order valence-corrected chi connectivity index (χ0v) is 9.29. The van der Waals surface area contributed by atoms with Gasteiger partial charge in [-0.2, -0.15) is 5.26 Å². The summed E-state index contributed by atoms with van der Waals surface area (Å²) in [5.41, 5.74) is -0.685. The largest absolute Gasteiger partial charge is 0.389 e. The molecule has 2 nitrogen and oxygen atoms in total. The van der Waals surface area contributed by atoms with Gasteiger partial charge in [0.25, 0.3) is 0 Å². The molecular formula is C12H21NO. The van der Waals surface area contributed by atoms with E-state index in [-0.39, 0.29) is 5.92 Å². The molecule has 0 amide bonds. The lowest BCUT2D eigenvalue weighted by Gasteiger charge is -2.38. The van der Waals surface area contributed by atoms with Crippen LogP contribution in [0.5, 0.6) is 0 Å². The van der Waals surface area contributed by atoms with Crippen molar-refractivity contribution in [3.05, 3.63) is 0 Å². The molecule has 14 heavy (non-hydrogen) atoms. The smallest absolute Gasteiger partial charge is 0.0805 e. The number of nitrogens with zero attached hydrogens (tertiary/aromatic N) is 1. The van der Waals surface area contributed by atoms with E-state index in [0.717, 1.165) is 38.0 Å². The normalized spacial score (nSPS) is 34.9. The van der Waals surface area contributed by atoms with Crippen LogP contribution in [0.25, 0.3) is 0 Å². The molecule has 80 valence electrons. The fourth-order valence-corrected chi connectivity index (χ4v) is 2.53. The lowest BCUT2D eigenvalue weighted by atomic mass is 9.71. The summed E-state index contributed by atoms with van der Waals surface area (Å²) in [6, 6.07) is 2.24. The van der Waals surface area contributed by atoms with E-state index in [4.69, 9.17) is 5.26 Å². The molecule has 0 aliphatic heterocycles. The summed E-state index contributed by atoms with van der Waals surface area (Å²) in [5, 5.41) is 19.3. The van der Waals surface area contributed by atoms with Crippen molar-refractivity contribution in [2.75, 3.05) is 0 Å². The van der Waals surface area contributed by atoms with Gasteiger partial charge < -0.3 is 5.11 Å². The maximum Gasteiger partial charge on any atom is 0.0805 e. The molecule has 0 bridgehead atoms. The highest BCUT2D eigenvalue weighted by Gasteiger charge is 2.38. The Morgan fingerprint density at radius 3 is 2.36 bits per heavy atom. The molecule has 1 atom stereocenters. The third-order valence-electron chi connectivity index (χ3n) is 3.76. The van der Waals surface area contributed by atoms with E-state index in [2.05, 4.69) is 13.0 Å². The van der Waals surface area contributed by atoms with Crippen molar-refractivity contribution in [2.24, 2.45) is 11.8 Å². The average molecular weight is 195 g/mol. The van der Waals surface area contributed by atoms with Gasteiger partial charge in [-0.25, -0.2) is 0 Å². The Labute approximate surface area is 86.9 Å². The topological polar surface area (TPSA) is 44.0 Å². The molecule has 0 aromatic carbocycles. The Kier molecular flexibility index (Phi) is 3.95. The van der Waals surface area contributed by atoms with Gasteiger partial charge in [-0.1, -0.05) is 20.3 Å². The van der Waals surface area contributed by atoms with Crippen LogP contribution in [-0.4, -0.2) is 10.7 Å². The summed E-state index contributed by atoms with van der Waals surface area (Å²) < 4.78 is 0. The molecule has 1 fully saturated rings. The van der Waals surface area contributed by atoms with Crippen molar-refractivity contribution in [1.82, 2.24) is 0 Å². The molecule has 0 heterocycles. The van der Waals surface area contributed by atoms with Crippen LogP contribution in [0.3, 0.4) is 0 Å². The van der Waals surface area contributed by atoms with Crippen molar-refractivity contribution in [1.29, 1.82) is 5.26 Å². The minimum atomic E-state index is -0.685. The Balaban J connectivity index is 2.57. The van der Waals surface area contributed by atoms with Gasteiger partial charge in [0.1, 0.15) is 0 Å². The SMILES string of the molecule is CCC1CCC(O)(C(C#N)CC)CC1. The van der Waals surface area contributed by atoms with Gasteiger partial charge in [-0.3, -0.25) is 0 Å². The third kappa shape index (κ3) is 2.27. The quantitative estimate of drug-likeness (QED) is 0.752. The lowest BCUT2D eigenvalue weighted by molar-refractivity contribution is -0.0430. The predicted octanol–water partition coefficient (Wildman–Crippen LogP) is 2.87. The van der Waals surface area contributed by atoms with E-state index in [1.54, 1.807) is 0 Å². The van der Waals surface area contributed by atoms with Crippen molar-refractivity contribution in [2.45, 2.75) is 58.0 Å². The molecule has 1 saturated carbocycles. The number of nitriles is 1. The van der Waals surface area contributed by atoms with Crippen molar-refractivity contribution < 1.29 is 5.11 Å². The van der Waals surface area contributed by atoms with Crippen molar-refractivity contribution in [3.63, 3.8) is 0 Å². The molecular weight excluding hydrogens is 174 g/mol. The predicted molar refractivity (Wildman–Crippen MR) is 56.6 cm³/mol. The number of rotatable bonds is 3. The van der Waals surface area contributed by atoms with Gasteiger partial charge in [0.15, 0.2) is 0 Å². The Hall–Kier alpha value is -0.550. The molecule has 2 heteroatoms. The van der Waals surface area contributed by atoms with Gasteiger partial charge in [-0.05, 0) is 38.0 Å². The summed E-state index contributed by atoms with van der Waals surface area (Å²) in [6.45, 7) is 4.19. The molecule has 1 rings (SSSR count). The van der Waals surface area contributed by atoms with E-state index >= 15 is 0 Å². The van der Waals surface area contributed by atoms with Crippen LogP contribution in [0.15, 0.2) is 0 Å². The molecule has 1 N–H and O–H groups in total. The molecule has 0 spiro atoms. The second kappa shape index (κ2) is 4.79. The maximum absolute atomic E-state index is 10.3. The molecule has 1 unspecified atom stereocenters. The van der Waals surface area contributed by atoms with Crippen LogP contribution < -0.4 is 0 Å². The Bertz CT molecular complexity index is 211. The van der Waals surface area contributed by atoms with Crippen LogP contribution in [0.1, 0.15) is 52.4 Å². The van der Waals surface area contributed by atoms with E-state index in [9.17, 15) is 5.11 Å². The van der Waals surface area contributed by atoms with Crippen molar-refractivity contribution in [3.8, 4) is 6.07 Å². The van der Waals surface area contributed by atoms with Gasteiger partial charge in [0.2, 0.25) is 0 Å². The summed E-state index contributed by atoms with van der Waals surface area (Å²) in [5.74, 6) is 0.604. The van der Waals surface area contributed by atoms with Crippen LogP contribution >= 0.6 is 0 Å². The monoisotopic (exact) mass is 195 g/mol. The first-order valence-electron chi connectivity index (χ1n) is 5.78. The third-order valence-corrected chi connectivity index (χ3v) is 3.76. The lowest BCUT2D eigenvalue weighted by Crippen LogP contribution is -2.40. The first kappa shape index (κ1) is 11.5. The van der Waals surface area contributed by atoms with Gasteiger partial charge in [0, 0.05) is 0 Å². The van der Waals surface area contributed by atoms with E-state index in [0.29, 0.717) is 0 Å². The van der Waals surface area contributed by atoms with Gasteiger partial charge >= 0.3 is 0 Å². The van der Waals surface area contributed by atoms with E-state index in [1.807, 2.05) is 6.92 Å². The summed E-state index contributed by atoms with van der Waals surface area (Å²) in [6.07, 6.45) is 5.79. The van der Waals surface area contributed by atoms with Crippen LogP contribution in [-0.2, 0) is 0 Å². The highest BCUT2D eigenvalue weighted by atomic mass is 16.3. The number of hydrogen-bond donors (Lipinski definition) is 1. The zero-order valence-electron chi connectivity index (χ0n) is 9.29. The highest BCUT2D eigenvalue weighted by Crippen LogP contribution is 2.39. The fraction of sp³-hybridized carbons (Fsp3) is 0.917. The zero-order chi connectivity index (χ0) is 10.6.